The van der Waals surface area contributed by atoms with Gasteiger partial charge in [-0.2, -0.15) is 0 Å². The third kappa shape index (κ3) is 3.49. The molecule has 0 amide bonds. The van der Waals surface area contributed by atoms with Gasteiger partial charge in [-0.1, -0.05) is 0 Å². The summed E-state index contributed by atoms with van der Waals surface area (Å²) in [5, 5.41) is 0. The maximum absolute atomic E-state index is 5.71. The zero-order chi connectivity index (χ0) is 8.81. The van der Waals surface area contributed by atoms with Crippen LogP contribution in [0.1, 0.15) is 6.42 Å². The van der Waals surface area contributed by atoms with E-state index in [1.165, 1.54) is 0 Å². The molecule has 4 N–H and O–H groups in total. The fourth-order valence-corrected chi connectivity index (χ4v) is 1.29. The molecule has 0 aliphatic carbocycles. The molecule has 12 heavy (non-hydrogen) atoms. The maximum Gasteiger partial charge on any atom is 0.0594 e. The van der Waals surface area contributed by atoms with Crippen LogP contribution in [-0.2, 0) is 4.74 Å². The summed E-state index contributed by atoms with van der Waals surface area (Å²) in [5.41, 5.74) is 11.1. The summed E-state index contributed by atoms with van der Waals surface area (Å²) in [7, 11) is 0. The lowest BCUT2D eigenvalue weighted by Crippen LogP contribution is -2.40. The molecule has 1 aliphatic rings. The molecule has 72 valence electrons. The molecule has 1 atom stereocenters. The minimum atomic E-state index is 0.160. The van der Waals surface area contributed by atoms with Gasteiger partial charge in [-0.3, -0.25) is 4.90 Å². The van der Waals surface area contributed by atoms with Crippen LogP contribution in [0.15, 0.2) is 0 Å². The third-order valence-electron chi connectivity index (χ3n) is 2.22. The van der Waals surface area contributed by atoms with E-state index in [0.29, 0.717) is 6.54 Å². The molecule has 1 fully saturated rings. The predicted molar refractivity (Wildman–Crippen MR) is 48.9 cm³/mol. The zero-order valence-corrected chi connectivity index (χ0v) is 7.54. The Balaban J connectivity index is 2.05. The van der Waals surface area contributed by atoms with E-state index in [1.807, 2.05) is 0 Å². The Morgan fingerprint density at radius 1 is 1.33 bits per heavy atom. The van der Waals surface area contributed by atoms with E-state index < -0.39 is 0 Å². The molecule has 0 radical (unpaired) electrons. The Hall–Kier alpha value is -0.160. The third-order valence-corrected chi connectivity index (χ3v) is 2.22. The van der Waals surface area contributed by atoms with Crippen molar-refractivity contribution in [1.29, 1.82) is 0 Å². The Labute approximate surface area is 73.8 Å². The van der Waals surface area contributed by atoms with E-state index in [2.05, 4.69) is 4.90 Å². The molecule has 4 heteroatoms. The second-order valence-corrected chi connectivity index (χ2v) is 3.24. The van der Waals surface area contributed by atoms with Crippen molar-refractivity contribution in [2.45, 2.75) is 12.5 Å². The first kappa shape index (κ1) is 9.92. The highest BCUT2D eigenvalue weighted by molar-refractivity contribution is 4.67. The van der Waals surface area contributed by atoms with Crippen LogP contribution in [0.25, 0.3) is 0 Å². The molecule has 1 heterocycles. The van der Waals surface area contributed by atoms with Crippen molar-refractivity contribution in [2.24, 2.45) is 11.5 Å². The lowest BCUT2D eigenvalue weighted by atomic mass is 10.2. The SMILES string of the molecule is NCC(N)CCN1CCOCC1. The highest BCUT2D eigenvalue weighted by Crippen LogP contribution is 1.98. The average Bonchev–Trinajstić information content (AvgIpc) is 2.16. The molecule has 1 aliphatic heterocycles. The lowest BCUT2D eigenvalue weighted by molar-refractivity contribution is 0.0367. The smallest absolute Gasteiger partial charge is 0.0594 e. The molecule has 0 aromatic carbocycles. The molecular formula is C8H19N3O. The first-order valence-electron chi connectivity index (χ1n) is 4.58. The molecule has 1 rings (SSSR count). The van der Waals surface area contributed by atoms with Crippen molar-refractivity contribution >= 4 is 0 Å². The first-order valence-corrected chi connectivity index (χ1v) is 4.58. The Bertz CT molecular complexity index is 115. The van der Waals surface area contributed by atoms with Gasteiger partial charge in [-0.15, -0.1) is 0 Å². The molecule has 0 spiro atoms. The summed E-state index contributed by atoms with van der Waals surface area (Å²) in [6.45, 7) is 5.44. The van der Waals surface area contributed by atoms with Crippen molar-refractivity contribution in [3.63, 3.8) is 0 Å². The monoisotopic (exact) mass is 173 g/mol. The number of nitrogens with zero attached hydrogens (tertiary/aromatic N) is 1. The zero-order valence-electron chi connectivity index (χ0n) is 7.54. The van der Waals surface area contributed by atoms with Gasteiger partial charge in [-0.05, 0) is 13.0 Å². The van der Waals surface area contributed by atoms with Gasteiger partial charge in [-0.25, -0.2) is 0 Å². The van der Waals surface area contributed by atoms with Crippen LogP contribution in [0.2, 0.25) is 0 Å². The van der Waals surface area contributed by atoms with Crippen molar-refractivity contribution in [2.75, 3.05) is 39.4 Å². The van der Waals surface area contributed by atoms with E-state index in [0.717, 1.165) is 39.3 Å². The summed E-state index contributed by atoms with van der Waals surface area (Å²) < 4.78 is 5.24. The molecule has 0 aromatic rings. The normalized spacial score (nSPS) is 22.5. The van der Waals surface area contributed by atoms with Crippen molar-refractivity contribution in [1.82, 2.24) is 4.90 Å². The standard InChI is InChI=1S/C8H19N3O/c9-7-8(10)1-2-11-3-5-12-6-4-11/h8H,1-7,9-10H2. The number of hydrogen-bond acceptors (Lipinski definition) is 4. The van der Waals surface area contributed by atoms with E-state index in [4.69, 9.17) is 16.2 Å². The van der Waals surface area contributed by atoms with Gasteiger partial charge in [0.15, 0.2) is 0 Å². The van der Waals surface area contributed by atoms with Crippen LogP contribution in [0, 0.1) is 0 Å². The maximum atomic E-state index is 5.71. The predicted octanol–water partition coefficient (Wildman–Crippen LogP) is -1.01. The topological polar surface area (TPSA) is 64.5 Å². The van der Waals surface area contributed by atoms with Crippen molar-refractivity contribution < 1.29 is 4.74 Å². The van der Waals surface area contributed by atoms with E-state index in [9.17, 15) is 0 Å². The molecule has 0 saturated carbocycles. The van der Waals surface area contributed by atoms with Crippen LogP contribution in [0.3, 0.4) is 0 Å². The highest BCUT2D eigenvalue weighted by Gasteiger charge is 2.10. The molecule has 1 saturated heterocycles. The summed E-state index contributed by atoms with van der Waals surface area (Å²) >= 11 is 0. The fourth-order valence-electron chi connectivity index (χ4n) is 1.29. The Morgan fingerprint density at radius 3 is 2.58 bits per heavy atom. The largest absolute Gasteiger partial charge is 0.379 e. The van der Waals surface area contributed by atoms with Gasteiger partial charge in [0.25, 0.3) is 0 Å². The fraction of sp³-hybridized carbons (Fsp3) is 1.00. The number of hydrogen-bond donors (Lipinski definition) is 2. The van der Waals surface area contributed by atoms with E-state index in [1.54, 1.807) is 0 Å². The van der Waals surface area contributed by atoms with E-state index in [-0.39, 0.29) is 6.04 Å². The Kier molecular flexibility index (Phi) is 4.53. The van der Waals surface area contributed by atoms with Crippen LogP contribution in [-0.4, -0.2) is 50.3 Å². The van der Waals surface area contributed by atoms with Gasteiger partial charge >= 0.3 is 0 Å². The number of rotatable bonds is 4. The Morgan fingerprint density at radius 2 is 2.00 bits per heavy atom. The number of morpholine rings is 1. The summed E-state index contributed by atoms with van der Waals surface area (Å²) in [6, 6.07) is 0.160. The van der Waals surface area contributed by atoms with Crippen LogP contribution in [0.5, 0.6) is 0 Å². The van der Waals surface area contributed by atoms with Gasteiger partial charge < -0.3 is 16.2 Å². The minimum absolute atomic E-state index is 0.160. The first-order chi connectivity index (χ1) is 5.83. The average molecular weight is 173 g/mol. The molecule has 4 nitrogen and oxygen atoms in total. The number of ether oxygens (including phenoxy) is 1. The van der Waals surface area contributed by atoms with Crippen molar-refractivity contribution in [3.8, 4) is 0 Å². The summed E-state index contributed by atoms with van der Waals surface area (Å²) in [4.78, 5) is 2.37. The minimum Gasteiger partial charge on any atom is -0.379 e. The van der Waals surface area contributed by atoms with Crippen molar-refractivity contribution in [3.05, 3.63) is 0 Å². The van der Waals surface area contributed by atoms with Gasteiger partial charge in [0.1, 0.15) is 0 Å². The van der Waals surface area contributed by atoms with Crippen LogP contribution >= 0.6 is 0 Å². The highest BCUT2D eigenvalue weighted by atomic mass is 16.5. The quantitative estimate of drug-likeness (QED) is 0.572. The molecule has 1 unspecified atom stereocenters. The van der Waals surface area contributed by atoms with Crippen LogP contribution < -0.4 is 11.5 Å². The molecule has 0 bridgehead atoms. The van der Waals surface area contributed by atoms with Gasteiger partial charge in [0, 0.05) is 25.7 Å². The van der Waals surface area contributed by atoms with Gasteiger partial charge in [0.05, 0.1) is 13.2 Å². The second-order valence-electron chi connectivity index (χ2n) is 3.24. The number of nitrogens with two attached hydrogens (primary N) is 2. The van der Waals surface area contributed by atoms with E-state index >= 15 is 0 Å². The van der Waals surface area contributed by atoms with Crippen LogP contribution in [0.4, 0.5) is 0 Å². The lowest BCUT2D eigenvalue weighted by Gasteiger charge is -2.27. The second kappa shape index (κ2) is 5.48. The molecule has 0 aromatic heterocycles. The van der Waals surface area contributed by atoms with Gasteiger partial charge in [0.2, 0.25) is 0 Å². The summed E-state index contributed by atoms with van der Waals surface area (Å²) in [5.74, 6) is 0. The molecular weight excluding hydrogens is 154 g/mol. The summed E-state index contributed by atoms with van der Waals surface area (Å²) in [6.07, 6.45) is 0.997.